The molecule has 0 aliphatic rings. The van der Waals surface area contributed by atoms with Gasteiger partial charge in [-0.3, -0.25) is 0 Å². The van der Waals surface area contributed by atoms with Gasteiger partial charge in [-0.2, -0.15) is 0 Å². The first kappa shape index (κ1) is 24.1. The highest BCUT2D eigenvalue weighted by Gasteiger charge is 2.41. The van der Waals surface area contributed by atoms with E-state index in [9.17, 15) is 0 Å². The minimum Gasteiger partial charge on any atom is -0.384 e. The fourth-order valence-corrected chi connectivity index (χ4v) is 10.4. The van der Waals surface area contributed by atoms with Crippen molar-refractivity contribution in [2.24, 2.45) is 0 Å². The third-order valence-electron chi connectivity index (χ3n) is 6.39. The van der Waals surface area contributed by atoms with Crippen LogP contribution < -0.4 is 20.7 Å². The van der Waals surface area contributed by atoms with Gasteiger partial charge in [0.1, 0.15) is 6.29 Å². The third-order valence-corrected chi connectivity index (χ3v) is 13.6. The molecule has 4 aromatic rings. The molecule has 0 amide bonds. The Hall–Kier alpha value is -3.03. The summed E-state index contributed by atoms with van der Waals surface area (Å²) in [5, 5.41) is 4.90. The number of rotatable bonds is 10. The molecule has 34 heavy (non-hydrogen) atoms. The Morgan fingerprint density at radius 3 is 1.06 bits per heavy atom. The number of benzene rings is 4. The van der Waals surface area contributed by atoms with Crippen molar-refractivity contribution in [1.29, 1.82) is 0 Å². The zero-order valence-corrected chi connectivity index (χ0v) is 21.9. The lowest BCUT2D eigenvalue weighted by molar-refractivity contribution is 0.00120. The second-order valence-corrected chi connectivity index (χ2v) is 15.6. The molecule has 0 bridgehead atoms. The molecule has 4 aromatic carbocycles. The fraction of sp³-hybridized carbons (Fsp3) is 0.133. The summed E-state index contributed by atoms with van der Waals surface area (Å²) >= 11 is 0. The average Bonchev–Trinajstić information content (AvgIpc) is 2.90. The van der Waals surface area contributed by atoms with Gasteiger partial charge in [-0.1, -0.05) is 127 Å². The van der Waals surface area contributed by atoms with Crippen LogP contribution in [0.5, 0.6) is 0 Å². The van der Waals surface area contributed by atoms with Gasteiger partial charge < -0.3 is 8.85 Å². The SMILES string of the molecule is C=CCC(O[Si](C)(c1ccccc1)c1ccccc1)O[Si](C)(c1ccccc1)c1ccccc1. The van der Waals surface area contributed by atoms with E-state index in [-0.39, 0.29) is 0 Å². The quantitative estimate of drug-likeness (QED) is 0.186. The summed E-state index contributed by atoms with van der Waals surface area (Å²) in [5.41, 5.74) is 0. The molecule has 0 saturated heterocycles. The van der Waals surface area contributed by atoms with Gasteiger partial charge in [-0.25, -0.2) is 0 Å². The van der Waals surface area contributed by atoms with E-state index >= 15 is 0 Å². The van der Waals surface area contributed by atoms with Gasteiger partial charge in [0, 0.05) is 6.42 Å². The van der Waals surface area contributed by atoms with Gasteiger partial charge in [0.2, 0.25) is 0 Å². The molecule has 172 valence electrons. The van der Waals surface area contributed by atoms with Crippen LogP contribution in [0.1, 0.15) is 6.42 Å². The van der Waals surface area contributed by atoms with Crippen molar-refractivity contribution >= 4 is 37.4 Å². The van der Waals surface area contributed by atoms with Gasteiger partial charge in [-0.05, 0) is 33.8 Å². The van der Waals surface area contributed by atoms with E-state index in [0.29, 0.717) is 6.42 Å². The van der Waals surface area contributed by atoms with Crippen molar-refractivity contribution in [1.82, 2.24) is 0 Å². The maximum absolute atomic E-state index is 7.07. The Bertz CT molecular complexity index is 996. The average molecular weight is 481 g/mol. The zero-order chi connectivity index (χ0) is 23.9. The predicted octanol–water partition coefficient (Wildman–Crippen LogP) is 4.70. The fourth-order valence-electron chi connectivity index (χ4n) is 4.41. The Balaban J connectivity index is 1.76. The summed E-state index contributed by atoms with van der Waals surface area (Å²) in [7, 11) is -5.11. The topological polar surface area (TPSA) is 18.5 Å². The molecule has 4 heteroatoms. The maximum atomic E-state index is 7.07. The van der Waals surface area contributed by atoms with Gasteiger partial charge in [-0.15, -0.1) is 6.58 Å². The van der Waals surface area contributed by atoms with Crippen LogP contribution in [0.3, 0.4) is 0 Å². The highest BCUT2D eigenvalue weighted by atomic mass is 28.4. The first-order chi connectivity index (χ1) is 16.6. The summed E-state index contributed by atoms with van der Waals surface area (Å²) in [6.45, 7) is 8.55. The molecular weight excluding hydrogens is 449 g/mol. The van der Waals surface area contributed by atoms with Crippen molar-refractivity contribution in [3.63, 3.8) is 0 Å². The minimum absolute atomic E-state index is 0.411. The van der Waals surface area contributed by atoms with E-state index in [4.69, 9.17) is 8.85 Å². The molecule has 0 heterocycles. The van der Waals surface area contributed by atoms with Crippen LogP contribution in [0, 0.1) is 0 Å². The molecule has 0 aliphatic heterocycles. The summed E-state index contributed by atoms with van der Waals surface area (Å²) in [4.78, 5) is 0. The van der Waals surface area contributed by atoms with E-state index in [2.05, 4.69) is 141 Å². The van der Waals surface area contributed by atoms with Crippen molar-refractivity contribution in [2.45, 2.75) is 25.8 Å². The molecule has 0 aromatic heterocycles. The summed E-state index contributed by atoms with van der Waals surface area (Å²) in [5.74, 6) is 0. The Morgan fingerprint density at radius 1 is 0.559 bits per heavy atom. The molecule has 0 saturated carbocycles. The number of hydrogen-bond donors (Lipinski definition) is 0. The molecule has 0 atom stereocenters. The van der Waals surface area contributed by atoms with Crippen LogP contribution in [0.25, 0.3) is 0 Å². The largest absolute Gasteiger partial charge is 0.384 e. The van der Waals surface area contributed by atoms with E-state index in [1.54, 1.807) is 0 Å². The van der Waals surface area contributed by atoms with Crippen molar-refractivity contribution < 1.29 is 8.85 Å². The molecule has 0 fully saturated rings. The molecule has 0 unspecified atom stereocenters. The van der Waals surface area contributed by atoms with Gasteiger partial charge in [0.15, 0.2) is 0 Å². The highest BCUT2D eigenvalue weighted by Crippen LogP contribution is 2.19. The smallest absolute Gasteiger partial charge is 0.256 e. The predicted molar refractivity (Wildman–Crippen MR) is 148 cm³/mol. The molecule has 0 spiro atoms. The van der Waals surface area contributed by atoms with E-state index in [0.717, 1.165) is 0 Å². The van der Waals surface area contributed by atoms with E-state index in [1.807, 2.05) is 6.08 Å². The van der Waals surface area contributed by atoms with Crippen LogP contribution in [-0.2, 0) is 8.85 Å². The summed E-state index contributed by atoms with van der Waals surface area (Å²) < 4.78 is 14.1. The van der Waals surface area contributed by atoms with Gasteiger partial charge in [0.05, 0.1) is 0 Å². The van der Waals surface area contributed by atoms with Crippen molar-refractivity contribution in [3.8, 4) is 0 Å². The Labute approximate surface area is 205 Å². The van der Waals surface area contributed by atoms with Crippen LogP contribution in [0.15, 0.2) is 134 Å². The monoisotopic (exact) mass is 480 g/mol. The first-order valence-electron chi connectivity index (χ1n) is 11.7. The molecule has 2 nitrogen and oxygen atoms in total. The first-order valence-corrected chi connectivity index (χ1v) is 16.6. The summed E-state index contributed by atoms with van der Waals surface area (Å²) in [6.07, 6.45) is 2.11. The second-order valence-electron chi connectivity index (χ2n) is 8.72. The number of hydrogen-bond acceptors (Lipinski definition) is 2. The molecule has 0 N–H and O–H groups in total. The summed E-state index contributed by atoms with van der Waals surface area (Å²) in [6, 6.07) is 42.3. The van der Waals surface area contributed by atoms with Crippen LogP contribution >= 0.6 is 0 Å². The van der Waals surface area contributed by atoms with E-state index < -0.39 is 22.9 Å². The lowest BCUT2D eigenvalue weighted by atomic mass is 10.4. The normalized spacial score (nSPS) is 12.0. The van der Waals surface area contributed by atoms with Crippen LogP contribution in [0.2, 0.25) is 13.1 Å². The van der Waals surface area contributed by atoms with Crippen molar-refractivity contribution in [3.05, 3.63) is 134 Å². The van der Waals surface area contributed by atoms with Gasteiger partial charge >= 0.3 is 0 Å². The van der Waals surface area contributed by atoms with E-state index in [1.165, 1.54) is 20.7 Å². The lowest BCUT2D eigenvalue weighted by Crippen LogP contribution is -2.64. The molecule has 0 aliphatic carbocycles. The maximum Gasteiger partial charge on any atom is 0.256 e. The van der Waals surface area contributed by atoms with Crippen LogP contribution in [0.4, 0.5) is 0 Å². The minimum atomic E-state index is -2.55. The highest BCUT2D eigenvalue weighted by molar-refractivity contribution is 6.97. The molecular formula is C30H32O2Si2. The van der Waals surface area contributed by atoms with Gasteiger partial charge in [0.25, 0.3) is 16.6 Å². The molecule has 4 rings (SSSR count). The third kappa shape index (κ3) is 5.21. The second kappa shape index (κ2) is 10.9. The lowest BCUT2D eigenvalue weighted by Gasteiger charge is -2.38. The Morgan fingerprint density at radius 2 is 0.824 bits per heavy atom. The van der Waals surface area contributed by atoms with Crippen LogP contribution in [-0.4, -0.2) is 22.9 Å². The molecule has 0 radical (unpaired) electrons. The standard InChI is InChI=1S/C30H32O2Si2/c1-4-17-30(31-33(2,26-18-9-5-10-19-26)27-20-11-6-12-21-27)32-34(3,28-22-13-7-14-23-28)29-24-15-8-16-25-29/h4-16,18-25,30H,1,17H2,2-3H3. The Kier molecular flexibility index (Phi) is 7.75. The zero-order valence-electron chi connectivity index (χ0n) is 19.9. The van der Waals surface area contributed by atoms with Crippen molar-refractivity contribution in [2.75, 3.05) is 0 Å².